The van der Waals surface area contributed by atoms with Crippen molar-refractivity contribution in [1.29, 1.82) is 0 Å². The van der Waals surface area contributed by atoms with Gasteiger partial charge in [0.25, 0.3) is 0 Å². The van der Waals surface area contributed by atoms with E-state index in [1.807, 2.05) is 33.2 Å². The summed E-state index contributed by atoms with van der Waals surface area (Å²) in [6.45, 7) is 13.9. The molecule has 1 aromatic carbocycles. The van der Waals surface area contributed by atoms with Crippen molar-refractivity contribution in [3.63, 3.8) is 0 Å². The van der Waals surface area contributed by atoms with E-state index in [0.717, 1.165) is 43.3 Å². The fourth-order valence-corrected chi connectivity index (χ4v) is 4.17. The van der Waals surface area contributed by atoms with Crippen LogP contribution in [0.4, 0.5) is 5.95 Å². The number of nitrogens with one attached hydrogen (secondary N) is 1. The largest absolute Gasteiger partial charge is 0.338 e. The summed E-state index contributed by atoms with van der Waals surface area (Å²) in [5.74, 6) is 0.755. The van der Waals surface area contributed by atoms with Crippen molar-refractivity contribution in [3.8, 4) is 0 Å². The summed E-state index contributed by atoms with van der Waals surface area (Å²) in [5.41, 5.74) is 2.47. The maximum absolute atomic E-state index is 13.0. The van der Waals surface area contributed by atoms with Crippen molar-refractivity contribution < 1.29 is 4.21 Å². The number of hydrogen-bond donors (Lipinski definition) is 1. The van der Waals surface area contributed by atoms with Crippen LogP contribution in [0.15, 0.2) is 36.7 Å². The minimum Gasteiger partial charge on any atom is -0.338 e. The van der Waals surface area contributed by atoms with Crippen LogP contribution in [-0.4, -0.2) is 57.1 Å². The van der Waals surface area contributed by atoms with Gasteiger partial charge in [-0.25, -0.2) is 18.9 Å². The van der Waals surface area contributed by atoms with Gasteiger partial charge in [-0.2, -0.15) is 0 Å². The lowest BCUT2D eigenvalue weighted by atomic mass is 9.87. The van der Waals surface area contributed by atoms with E-state index >= 15 is 0 Å². The first kappa shape index (κ1) is 21.9. The van der Waals surface area contributed by atoms with Gasteiger partial charge in [0.05, 0.1) is 21.3 Å². The number of rotatable bonds is 5. The second-order valence-electron chi connectivity index (χ2n) is 9.04. The van der Waals surface area contributed by atoms with Crippen LogP contribution in [0.5, 0.6) is 0 Å². The van der Waals surface area contributed by atoms with Crippen LogP contribution in [-0.2, 0) is 16.5 Å². The maximum atomic E-state index is 13.0. The monoisotopic (exact) mass is 415 g/mol. The maximum Gasteiger partial charge on any atom is 0.225 e. The molecule has 7 heteroatoms. The molecule has 3 rings (SSSR count). The van der Waals surface area contributed by atoms with E-state index in [1.54, 1.807) is 0 Å². The zero-order valence-corrected chi connectivity index (χ0v) is 19.2. The molecule has 1 aromatic heterocycles. The van der Waals surface area contributed by atoms with Crippen LogP contribution in [0, 0.1) is 6.92 Å². The molecule has 2 aromatic rings. The van der Waals surface area contributed by atoms with Crippen LogP contribution < -0.4 is 9.62 Å². The van der Waals surface area contributed by atoms with Crippen LogP contribution in [0.25, 0.3) is 0 Å². The van der Waals surface area contributed by atoms with Gasteiger partial charge in [0.15, 0.2) is 0 Å². The van der Waals surface area contributed by atoms with Gasteiger partial charge in [-0.1, -0.05) is 29.8 Å². The smallest absolute Gasteiger partial charge is 0.225 e. The third kappa shape index (κ3) is 5.02. The third-order valence-electron chi connectivity index (χ3n) is 5.48. The molecule has 2 atom stereocenters. The summed E-state index contributed by atoms with van der Waals surface area (Å²) in [7, 11) is 0.886. The van der Waals surface area contributed by atoms with E-state index < -0.39 is 16.5 Å². The van der Waals surface area contributed by atoms with Gasteiger partial charge in [0, 0.05) is 44.1 Å². The first-order chi connectivity index (χ1) is 13.6. The van der Waals surface area contributed by atoms with Crippen molar-refractivity contribution in [2.45, 2.75) is 44.9 Å². The van der Waals surface area contributed by atoms with Gasteiger partial charge in [-0.3, -0.25) is 0 Å². The first-order valence-electron chi connectivity index (χ1n) is 10.1. The summed E-state index contributed by atoms with van der Waals surface area (Å²) < 4.78 is 16.0. The van der Waals surface area contributed by atoms with E-state index in [-0.39, 0.29) is 4.75 Å². The molecule has 158 valence electrons. The lowest BCUT2D eigenvalue weighted by Crippen LogP contribution is -2.47. The zero-order valence-electron chi connectivity index (χ0n) is 18.4. The summed E-state index contributed by atoms with van der Waals surface area (Å²) in [5, 5.41) is 0. The molecule has 1 N–H and O–H groups in total. The average molecular weight is 416 g/mol. The normalized spacial score (nSPS) is 19.0. The van der Waals surface area contributed by atoms with Gasteiger partial charge in [-0.15, -0.1) is 0 Å². The molecule has 0 saturated carbocycles. The number of hydrogen-bond acceptors (Lipinski definition) is 5. The van der Waals surface area contributed by atoms with Crippen molar-refractivity contribution in [2.75, 3.05) is 38.1 Å². The molecule has 6 nitrogen and oxygen atoms in total. The van der Waals surface area contributed by atoms with Crippen LogP contribution in [0.1, 0.15) is 44.4 Å². The van der Waals surface area contributed by atoms with Gasteiger partial charge in [-0.05, 0) is 47.2 Å². The summed E-state index contributed by atoms with van der Waals surface area (Å²) in [6.07, 6.45) is 3.74. The molecule has 0 radical (unpaired) electrons. The Morgan fingerprint density at radius 3 is 2.00 bits per heavy atom. The fourth-order valence-electron chi connectivity index (χ4n) is 3.26. The highest BCUT2D eigenvalue weighted by Crippen LogP contribution is 2.31. The Bertz CT molecular complexity index is 839. The van der Waals surface area contributed by atoms with E-state index in [0.29, 0.717) is 0 Å². The molecule has 0 amide bonds. The topological polar surface area (TPSA) is 61.4 Å². The quantitative estimate of drug-likeness (QED) is 0.814. The highest BCUT2D eigenvalue weighted by Gasteiger charge is 2.35. The van der Waals surface area contributed by atoms with E-state index in [2.05, 4.69) is 69.7 Å². The lowest BCUT2D eigenvalue weighted by Gasteiger charge is -2.35. The third-order valence-corrected chi connectivity index (χ3v) is 7.19. The molecule has 0 spiro atoms. The van der Waals surface area contributed by atoms with Crippen molar-refractivity contribution >= 4 is 16.9 Å². The van der Waals surface area contributed by atoms with Gasteiger partial charge in [0.1, 0.15) is 0 Å². The van der Waals surface area contributed by atoms with Crippen LogP contribution >= 0.6 is 0 Å². The van der Waals surface area contributed by atoms with Crippen molar-refractivity contribution in [2.24, 2.45) is 0 Å². The second kappa shape index (κ2) is 8.50. The molecular formula is C22H33N5OS. The zero-order chi connectivity index (χ0) is 21.2. The number of nitrogens with zero attached hydrogens (tertiary/aromatic N) is 4. The van der Waals surface area contributed by atoms with Crippen LogP contribution in [0.2, 0.25) is 0 Å². The molecule has 0 bridgehead atoms. The molecule has 1 saturated heterocycles. The lowest BCUT2D eigenvalue weighted by molar-refractivity contribution is 0.311. The number of aromatic nitrogens is 2. The van der Waals surface area contributed by atoms with E-state index in [4.69, 9.17) is 0 Å². The number of aryl methyl sites for hydroxylation is 1. The second-order valence-corrected chi connectivity index (χ2v) is 11.0. The minimum absolute atomic E-state index is 0.382. The Morgan fingerprint density at radius 2 is 1.48 bits per heavy atom. The number of benzene rings is 1. The number of anilines is 1. The summed E-state index contributed by atoms with van der Waals surface area (Å²) >= 11 is 0. The van der Waals surface area contributed by atoms with E-state index in [1.165, 1.54) is 5.56 Å². The molecule has 1 unspecified atom stereocenters. The Kier molecular flexibility index (Phi) is 6.41. The fraction of sp³-hybridized carbons (Fsp3) is 0.545. The molecule has 2 heterocycles. The van der Waals surface area contributed by atoms with E-state index in [9.17, 15) is 4.21 Å². The highest BCUT2D eigenvalue weighted by molar-refractivity contribution is 7.84. The Balaban J connectivity index is 1.93. The highest BCUT2D eigenvalue weighted by atomic mass is 32.2. The minimum atomic E-state index is -1.25. The van der Waals surface area contributed by atoms with Crippen molar-refractivity contribution in [3.05, 3.63) is 53.3 Å². The predicted molar refractivity (Wildman–Crippen MR) is 120 cm³/mol. The Labute approximate surface area is 177 Å². The standard InChI is InChI=1S/C22H33N5OS/c1-17-7-9-18(10-8-17)22(5,25-29(28)21(2,3)4)19-15-23-20(24-16-19)27-13-11-26(6)12-14-27/h7-10,15-16,25H,11-14H2,1-6H3/t22?,29-/m0/s1. The first-order valence-corrected chi connectivity index (χ1v) is 11.3. The van der Waals surface area contributed by atoms with Gasteiger partial charge in [0.2, 0.25) is 5.95 Å². The van der Waals surface area contributed by atoms with Crippen LogP contribution in [0.3, 0.4) is 0 Å². The molecule has 1 aliphatic rings. The average Bonchev–Trinajstić information content (AvgIpc) is 2.68. The summed E-state index contributed by atoms with van der Waals surface area (Å²) in [4.78, 5) is 13.9. The molecule has 1 aliphatic heterocycles. The molecule has 0 aliphatic carbocycles. The SMILES string of the molecule is Cc1ccc(C(C)(N[S@@](=O)C(C)(C)C)c2cnc(N3CCN(C)CC3)nc2)cc1. The Morgan fingerprint density at radius 1 is 0.931 bits per heavy atom. The summed E-state index contributed by atoms with van der Waals surface area (Å²) in [6, 6.07) is 8.32. The Hall–Kier alpha value is -1.83. The molecule has 29 heavy (non-hydrogen) atoms. The van der Waals surface area contributed by atoms with Crippen molar-refractivity contribution in [1.82, 2.24) is 19.6 Å². The molecule has 1 fully saturated rings. The molecular weight excluding hydrogens is 382 g/mol. The predicted octanol–water partition coefficient (Wildman–Crippen LogP) is 2.85. The number of piperazine rings is 1. The van der Waals surface area contributed by atoms with Gasteiger partial charge < -0.3 is 9.80 Å². The number of likely N-dealkylation sites (N-methyl/N-ethyl adjacent to an activating group) is 1. The van der Waals surface area contributed by atoms with Gasteiger partial charge >= 0.3 is 0 Å².